The molecule has 10 heteroatoms. The normalized spacial score (nSPS) is 15.0. The van der Waals surface area contributed by atoms with Crippen LogP contribution in [0.15, 0.2) is 40.1 Å². The summed E-state index contributed by atoms with van der Waals surface area (Å²) in [4.78, 5) is 9.18. The second kappa shape index (κ2) is 5.45. The molecule has 0 amide bonds. The monoisotopic (exact) mass is 372 g/mol. The van der Waals surface area contributed by atoms with Crippen LogP contribution in [0.2, 0.25) is 0 Å². The largest absolute Gasteiger partial charge is 0.416 e. The van der Waals surface area contributed by atoms with Crippen LogP contribution in [0, 0.1) is 10.1 Å². The first-order valence-corrected chi connectivity index (χ1v) is 8.58. The number of nitro benzene ring substituents is 1. The quantitative estimate of drug-likeness (QED) is 0.541. The third-order valence-electron chi connectivity index (χ3n) is 3.90. The van der Waals surface area contributed by atoms with E-state index < -0.39 is 42.8 Å². The van der Waals surface area contributed by atoms with Crippen molar-refractivity contribution >= 4 is 26.9 Å². The first kappa shape index (κ1) is 17.2. The molecule has 1 aliphatic heterocycles. The van der Waals surface area contributed by atoms with Crippen molar-refractivity contribution < 1.29 is 26.5 Å². The standard InChI is InChI=1S/C15H11F3N2O4S/c1-2-8-3-4-10-12(5-8)25(23,24)13-7-9(15(16,17)18)6-11(20(21)22)14(13)19-10/h3-7,19H,2H2,1H3. The van der Waals surface area contributed by atoms with E-state index in [0.717, 1.165) is 0 Å². The van der Waals surface area contributed by atoms with Gasteiger partial charge in [0.2, 0.25) is 9.84 Å². The molecule has 1 heterocycles. The first-order valence-electron chi connectivity index (χ1n) is 7.10. The van der Waals surface area contributed by atoms with Crippen molar-refractivity contribution in [3.63, 3.8) is 0 Å². The van der Waals surface area contributed by atoms with Crippen LogP contribution in [0.5, 0.6) is 0 Å². The summed E-state index contributed by atoms with van der Waals surface area (Å²) < 4.78 is 64.7. The topological polar surface area (TPSA) is 89.3 Å². The minimum Gasteiger partial charge on any atom is -0.348 e. The molecule has 0 atom stereocenters. The van der Waals surface area contributed by atoms with Crippen molar-refractivity contribution in [3.8, 4) is 0 Å². The van der Waals surface area contributed by atoms with E-state index in [2.05, 4.69) is 5.32 Å². The number of hydrogen-bond donors (Lipinski definition) is 1. The van der Waals surface area contributed by atoms with Crippen molar-refractivity contribution in [2.75, 3.05) is 5.32 Å². The number of halogens is 3. The fourth-order valence-electron chi connectivity index (χ4n) is 2.61. The van der Waals surface area contributed by atoms with Crippen molar-refractivity contribution in [3.05, 3.63) is 51.6 Å². The maximum absolute atomic E-state index is 13.0. The average molecular weight is 372 g/mol. The fourth-order valence-corrected chi connectivity index (χ4v) is 4.27. The third kappa shape index (κ3) is 2.72. The number of hydrogen-bond acceptors (Lipinski definition) is 5. The Kier molecular flexibility index (Phi) is 3.75. The van der Waals surface area contributed by atoms with Crippen molar-refractivity contribution in [2.45, 2.75) is 29.3 Å². The van der Waals surface area contributed by atoms with Crippen LogP contribution in [0.3, 0.4) is 0 Å². The van der Waals surface area contributed by atoms with E-state index in [4.69, 9.17) is 0 Å². The zero-order valence-electron chi connectivity index (χ0n) is 12.7. The number of nitrogens with zero attached hydrogens (tertiary/aromatic N) is 1. The van der Waals surface area contributed by atoms with Crippen LogP contribution in [-0.2, 0) is 22.4 Å². The lowest BCUT2D eigenvalue weighted by Gasteiger charge is -2.23. The lowest BCUT2D eigenvalue weighted by molar-refractivity contribution is -0.384. The molecule has 132 valence electrons. The van der Waals surface area contributed by atoms with Gasteiger partial charge < -0.3 is 5.32 Å². The van der Waals surface area contributed by atoms with Gasteiger partial charge in [-0.3, -0.25) is 10.1 Å². The zero-order chi connectivity index (χ0) is 18.6. The molecule has 0 saturated carbocycles. The molecule has 0 unspecified atom stereocenters. The summed E-state index contributed by atoms with van der Waals surface area (Å²) in [6.07, 6.45) is -4.39. The minimum absolute atomic E-state index is 0.0903. The fraction of sp³-hybridized carbons (Fsp3) is 0.200. The summed E-state index contributed by atoms with van der Waals surface area (Å²) in [5.41, 5.74) is -2.03. The summed E-state index contributed by atoms with van der Waals surface area (Å²) in [6, 6.07) is 5.18. The van der Waals surface area contributed by atoms with Gasteiger partial charge in [-0.1, -0.05) is 13.0 Å². The molecule has 0 radical (unpaired) electrons. The number of benzene rings is 2. The smallest absolute Gasteiger partial charge is 0.348 e. The Labute approximate surface area is 140 Å². The summed E-state index contributed by atoms with van der Waals surface area (Å²) in [5.74, 6) is 0. The molecule has 1 N–H and O–H groups in total. The van der Waals surface area contributed by atoms with Crippen molar-refractivity contribution in [2.24, 2.45) is 0 Å². The van der Waals surface area contributed by atoms with Gasteiger partial charge in [0, 0.05) is 6.07 Å². The zero-order valence-corrected chi connectivity index (χ0v) is 13.5. The van der Waals surface area contributed by atoms with Gasteiger partial charge in [-0.2, -0.15) is 13.2 Å². The summed E-state index contributed by atoms with van der Waals surface area (Å²) in [7, 11) is -4.34. The molecule has 2 aromatic carbocycles. The van der Waals surface area contributed by atoms with Gasteiger partial charge in [0.15, 0.2) is 0 Å². The van der Waals surface area contributed by atoms with Gasteiger partial charge in [-0.05, 0) is 30.2 Å². The molecule has 6 nitrogen and oxygen atoms in total. The van der Waals surface area contributed by atoms with E-state index in [-0.39, 0.29) is 10.6 Å². The highest BCUT2D eigenvalue weighted by atomic mass is 32.2. The number of anilines is 2. The Morgan fingerprint density at radius 3 is 2.40 bits per heavy atom. The van der Waals surface area contributed by atoms with Gasteiger partial charge in [0.05, 0.1) is 21.1 Å². The van der Waals surface area contributed by atoms with Crippen LogP contribution < -0.4 is 5.32 Å². The van der Waals surface area contributed by atoms with Crippen LogP contribution >= 0.6 is 0 Å². The van der Waals surface area contributed by atoms with E-state index in [1.807, 2.05) is 0 Å². The summed E-state index contributed by atoms with van der Waals surface area (Å²) >= 11 is 0. The number of nitrogens with one attached hydrogen (secondary N) is 1. The number of alkyl halides is 3. The highest BCUT2D eigenvalue weighted by Gasteiger charge is 2.40. The van der Waals surface area contributed by atoms with Gasteiger partial charge in [-0.15, -0.1) is 0 Å². The third-order valence-corrected chi connectivity index (χ3v) is 5.72. The Morgan fingerprint density at radius 2 is 1.84 bits per heavy atom. The van der Waals surface area contributed by atoms with Gasteiger partial charge in [0.1, 0.15) is 10.6 Å². The predicted octanol–water partition coefficient (Wildman–Crippen LogP) is 4.07. The van der Waals surface area contributed by atoms with Gasteiger partial charge >= 0.3 is 6.18 Å². The van der Waals surface area contributed by atoms with E-state index in [0.29, 0.717) is 24.1 Å². The molecule has 25 heavy (non-hydrogen) atoms. The molecular formula is C15H11F3N2O4S. The summed E-state index contributed by atoms with van der Waals surface area (Å²) in [5, 5.41) is 13.8. The SMILES string of the molecule is CCc1ccc2c(c1)S(=O)(=O)c1cc(C(F)(F)F)cc([N+](=O)[O-])c1N2. The molecular weight excluding hydrogens is 361 g/mol. The van der Waals surface area contributed by atoms with Crippen LogP contribution in [0.25, 0.3) is 0 Å². The second-order valence-electron chi connectivity index (χ2n) is 5.44. The highest BCUT2D eigenvalue weighted by molar-refractivity contribution is 7.92. The number of rotatable bonds is 2. The van der Waals surface area contributed by atoms with Crippen molar-refractivity contribution in [1.29, 1.82) is 0 Å². The average Bonchev–Trinajstić information content (AvgIpc) is 2.53. The Morgan fingerprint density at radius 1 is 1.16 bits per heavy atom. The maximum atomic E-state index is 13.0. The highest BCUT2D eigenvalue weighted by Crippen LogP contribution is 2.46. The van der Waals surface area contributed by atoms with Crippen LogP contribution in [0.4, 0.5) is 30.2 Å². The molecule has 0 saturated heterocycles. The lowest BCUT2D eigenvalue weighted by atomic mass is 10.1. The predicted molar refractivity (Wildman–Crippen MR) is 82.7 cm³/mol. The first-order chi connectivity index (χ1) is 11.6. The van der Waals surface area contributed by atoms with E-state index >= 15 is 0 Å². The maximum Gasteiger partial charge on any atom is 0.416 e. The molecule has 0 aliphatic carbocycles. The molecule has 0 fully saturated rings. The molecule has 0 bridgehead atoms. The Hall–Kier alpha value is -2.62. The summed E-state index contributed by atoms with van der Waals surface area (Å²) in [6.45, 7) is 1.80. The number of nitro groups is 1. The number of sulfone groups is 1. The number of fused-ring (bicyclic) bond motifs is 2. The number of aryl methyl sites for hydroxylation is 1. The molecule has 1 aliphatic rings. The van der Waals surface area contributed by atoms with Crippen LogP contribution in [-0.4, -0.2) is 13.3 Å². The molecule has 3 rings (SSSR count). The van der Waals surface area contributed by atoms with Crippen molar-refractivity contribution in [1.82, 2.24) is 0 Å². The second-order valence-corrected chi connectivity index (χ2v) is 7.32. The lowest BCUT2D eigenvalue weighted by Crippen LogP contribution is -2.17. The van der Waals surface area contributed by atoms with E-state index in [1.165, 1.54) is 12.1 Å². The molecule has 2 aromatic rings. The minimum atomic E-state index is -4.92. The van der Waals surface area contributed by atoms with Gasteiger partial charge in [-0.25, -0.2) is 8.42 Å². The molecule has 0 aromatic heterocycles. The van der Waals surface area contributed by atoms with Gasteiger partial charge in [0.25, 0.3) is 5.69 Å². The Bertz CT molecular complexity index is 1000. The van der Waals surface area contributed by atoms with Crippen LogP contribution in [0.1, 0.15) is 18.1 Å². The van der Waals surface area contributed by atoms with E-state index in [1.54, 1.807) is 13.0 Å². The van der Waals surface area contributed by atoms with E-state index in [9.17, 15) is 31.7 Å². The molecule has 0 spiro atoms. The Balaban J connectivity index is 2.35.